The Bertz CT molecular complexity index is 1300. The summed E-state index contributed by atoms with van der Waals surface area (Å²) in [4.78, 5) is 7.12. The predicted molar refractivity (Wildman–Crippen MR) is 126 cm³/mol. The third-order valence-electron chi connectivity index (χ3n) is 6.72. The number of pyridine rings is 1. The average Bonchev–Trinajstić information content (AvgIpc) is 3.09. The fourth-order valence-electron chi connectivity index (χ4n) is 5.02. The highest BCUT2D eigenvalue weighted by Crippen LogP contribution is 2.35. The predicted octanol–water partition coefficient (Wildman–Crippen LogP) is 6.54. The first-order valence-corrected chi connectivity index (χ1v) is 11.3. The SMILES string of the molecule is CCc1c(C)c2ccnc(N3CCc4ccccc4C3)c2n1Cc1ccc(C(F)(F)F)cc1. The van der Waals surface area contributed by atoms with Gasteiger partial charge in [0.2, 0.25) is 0 Å². The van der Waals surface area contributed by atoms with Gasteiger partial charge >= 0.3 is 6.18 Å². The summed E-state index contributed by atoms with van der Waals surface area (Å²) >= 11 is 0. The van der Waals surface area contributed by atoms with E-state index in [1.165, 1.54) is 34.5 Å². The molecule has 0 spiro atoms. The number of nitrogens with zero attached hydrogens (tertiary/aromatic N) is 3. The molecule has 1 aliphatic heterocycles. The number of aryl methyl sites for hydroxylation is 1. The van der Waals surface area contributed by atoms with Crippen molar-refractivity contribution < 1.29 is 13.2 Å². The summed E-state index contributed by atoms with van der Waals surface area (Å²) in [6.45, 7) is 6.44. The van der Waals surface area contributed by atoms with Crippen molar-refractivity contribution in [3.8, 4) is 0 Å². The maximum atomic E-state index is 13.0. The van der Waals surface area contributed by atoms with Crippen LogP contribution in [0.1, 0.15) is 40.4 Å². The number of benzene rings is 2. The van der Waals surface area contributed by atoms with E-state index in [0.29, 0.717) is 6.54 Å². The Hall–Kier alpha value is -3.28. The van der Waals surface area contributed by atoms with Gasteiger partial charge in [0.1, 0.15) is 0 Å². The smallest absolute Gasteiger partial charge is 0.350 e. The van der Waals surface area contributed by atoms with E-state index in [1.54, 1.807) is 12.1 Å². The Balaban J connectivity index is 1.59. The zero-order chi connectivity index (χ0) is 23.2. The molecule has 6 heteroatoms. The fourth-order valence-corrected chi connectivity index (χ4v) is 5.02. The molecule has 0 saturated carbocycles. The van der Waals surface area contributed by atoms with Gasteiger partial charge in [0.05, 0.1) is 11.1 Å². The third kappa shape index (κ3) is 3.88. The van der Waals surface area contributed by atoms with E-state index < -0.39 is 11.7 Å². The highest BCUT2D eigenvalue weighted by molar-refractivity contribution is 5.93. The zero-order valence-corrected chi connectivity index (χ0v) is 18.8. The van der Waals surface area contributed by atoms with E-state index in [4.69, 9.17) is 4.98 Å². The number of fused-ring (bicyclic) bond motifs is 2. The van der Waals surface area contributed by atoms with Gasteiger partial charge in [-0.25, -0.2) is 4.98 Å². The maximum Gasteiger partial charge on any atom is 0.416 e. The van der Waals surface area contributed by atoms with Crippen LogP contribution in [-0.4, -0.2) is 16.1 Å². The summed E-state index contributed by atoms with van der Waals surface area (Å²) in [7, 11) is 0. The minimum Gasteiger partial charge on any atom is -0.350 e. The van der Waals surface area contributed by atoms with E-state index in [-0.39, 0.29) is 0 Å². The molecule has 3 heterocycles. The largest absolute Gasteiger partial charge is 0.416 e. The fraction of sp³-hybridized carbons (Fsp3) is 0.296. The van der Waals surface area contributed by atoms with Crippen molar-refractivity contribution in [2.24, 2.45) is 0 Å². The molecule has 4 aromatic rings. The molecular weight excluding hydrogens is 423 g/mol. The van der Waals surface area contributed by atoms with Crippen LogP contribution in [0.3, 0.4) is 0 Å². The summed E-state index contributed by atoms with van der Waals surface area (Å²) in [5.41, 5.74) is 6.38. The molecule has 0 N–H and O–H groups in total. The van der Waals surface area contributed by atoms with Gasteiger partial charge in [0, 0.05) is 36.9 Å². The average molecular weight is 450 g/mol. The highest BCUT2D eigenvalue weighted by Gasteiger charge is 2.30. The second kappa shape index (κ2) is 8.25. The van der Waals surface area contributed by atoms with Crippen molar-refractivity contribution in [3.05, 3.63) is 94.3 Å². The second-order valence-corrected chi connectivity index (χ2v) is 8.68. The van der Waals surface area contributed by atoms with Crippen molar-refractivity contribution in [1.29, 1.82) is 0 Å². The first-order valence-electron chi connectivity index (χ1n) is 11.3. The normalized spacial score (nSPS) is 14.0. The molecule has 1 aliphatic rings. The molecule has 5 rings (SSSR count). The first kappa shape index (κ1) is 21.6. The molecule has 0 fully saturated rings. The standard InChI is InChI=1S/C27H26F3N3/c1-3-24-18(2)23-12-14-31-26(32-15-13-20-6-4-5-7-21(20)17-32)25(23)33(24)16-19-8-10-22(11-9-19)27(28,29)30/h4-12,14H,3,13,15-17H2,1-2H3. The van der Waals surface area contributed by atoms with Crippen molar-refractivity contribution in [2.75, 3.05) is 11.4 Å². The van der Waals surface area contributed by atoms with E-state index in [1.807, 2.05) is 6.20 Å². The summed E-state index contributed by atoms with van der Waals surface area (Å²) < 4.78 is 41.3. The number of anilines is 1. The minimum atomic E-state index is -4.33. The Kier molecular flexibility index (Phi) is 5.39. The number of halogens is 3. The molecule has 0 atom stereocenters. The lowest BCUT2D eigenvalue weighted by Gasteiger charge is -2.30. The quantitative estimate of drug-likeness (QED) is 0.353. The molecule has 2 aromatic heterocycles. The summed E-state index contributed by atoms with van der Waals surface area (Å²) in [6, 6.07) is 16.1. The summed E-state index contributed by atoms with van der Waals surface area (Å²) in [5.74, 6) is 0.941. The second-order valence-electron chi connectivity index (χ2n) is 8.68. The van der Waals surface area contributed by atoms with Crippen LogP contribution in [0.2, 0.25) is 0 Å². The number of aromatic nitrogens is 2. The Morgan fingerprint density at radius 2 is 1.70 bits per heavy atom. The number of rotatable bonds is 4. The molecule has 0 radical (unpaired) electrons. The topological polar surface area (TPSA) is 21.1 Å². The monoisotopic (exact) mass is 449 g/mol. The summed E-state index contributed by atoms with van der Waals surface area (Å²) in [6.07, 6.45) is -0.657. The summed E-state index contributed by atoms with van der Waals surface area (Å²) in [5, 5.41) is 1.16. The van der Waals surface area contributed by atoms with Gasteiger partial charge in [-0.15, -0.1) is 0 Å². The Morgan fingerprint density at radius 1 is 0.970 bits per heavy atom. The maximum absolute atomic E-state index is 13.0. The molecule has 0 saturated heterocycles. The van der Waals surface area contributed by atoms with Crippen LogP contribution < -0.4 is 4.90 Å². The van der Waals surface area contributed by atoms with Crippen molar-refractivity contribution in [3.63, 3.8) is 0 Å². The lowest BCUT2D eigenvalue weighted by Crippen LogP contribution is -2.31. The van der Waals surface area contributed by atoms with Crippen LogP contribution in [0.4, 0.5) is 19.0 Å². The van der Waals surface area contributed by atoms with Crippen LogP contribution >= 0.6 is 0 Å². The van der Waals surface area contributed by atoms with Crippen LogP contribution in [0.25, 0.3) is 10.9 Å². The van der Waals surface area contributed by atoms with Gasteiger partial charge in [0.15, 0.2) is 5.82 Å². The Morgan fingerprint density at radius 3 is 2.39 bits per heavy atom. The minimum absolute atomic E-state index is 0.509. The van der Waals surface area contributed by atoms with Crippen molar-refractivity contribution in [2.45, 2.75) is 46.0 Å². The van der Waals surface area contributed by atoms with Gasteiger partial charge in [-0.2, -0.15) is 13.2 Å². The molecule has 0 aliphatic carbocycles. The molecule has 2 aromatic carbocycles. The van der Waals surface area contributed by atoms with Crippen LogP contribution in [0.5, 0.6) is 0 Å². The van der Waals surface area contributed by atoms with Crippen LogP contribution in [0.15, 0.2) is 60.8 Å². The molecule has 0 bridgehead atoms. The zero-order valence-electron chi connectivity index (χ0n) is 18.8. The van der Waals surface area contributed by atoms with Gasteiger partial charge < -0.3 is 9.47 Å². The number of hydrogen-bond acceptors (Lipinski definition) is 2. The van der Waals surface area contributed by atoms with Crippen LogP contribution in [0, 0.1) is 6.92 Å². The van der Waals surface area contributed by atoms with E-state index in [2.05, 4.69) is 53.6 Å². The van der Waals surface area contributed by atoms with E-state index >= 15 is 0 Å². The lowest BCUT2D eigenvalue weighted by molar-refractivity contribution is -0.137. The number of hydrogen-bond donors (Lipinski definition) is 0. The van der Waals surface area contributed by atoms with Crippen molar-refractivity contribution in [1.82, 2.24) is 9.55 Å². The highest BCUT2D eigenvalue weighted by atomic mass is 19.4. The van der Waals surface area contributed by atoms with Crippen LogP contribution in [-0.2, 0) is 32.1 Å². The third-order valence-corrected chi connectivity index (χ3v) is 6.72. The van der Waals surface area contributed by atoms with E-state index in [9.17, 15) is 13.2 Å². The number of alkyl halides is 3. The van der Waals surface area contributed by atoms with Gasteiger partial charge in [-0.05, 0) is 60.2 Å². The molecule has 33 heavy (non-hydrogen) atoms. The Labute approximate surface area is 191 Å². The van der Waals surface area contributed by atoms with Gasteiger partial charge in [-0.3, -0.25) is 0 Å². The molecule has 170 valence electrons. The lowest BCUT2D eigenvalue weighted by atomic mass is 10.00. The molecule has 0 amide bonds. The van der Waals surface area contributed by atoms with Gasteiger partial charge in [-0.1, -0.05) is 43.3 Å². The van der Waals surface area contributed by atoms with Gasteiger partial charge in [0.25, 0.3) is 0 Å². The molecule has 3 nitrogen and oxygen atoms in total. The molecular formula is C27H26F3N3. The molecule has 0 unspecified atom stereocenters. The van der Waals surface area contributed by atoms with E-state index in [0.717, 1.165) is 48.2 Å². The van der Waals surface area contributed by atoms with Crippen molar-refractivity contribution >= 4 is 16.7 Å². The first-order chi connectivity index (χ1) is 15.9.